The molecule has 0 radical (unpaired) electrons. The summed E-state index contributed by atoms with van der Waals surface area (Å²) >= 11 is 0. The molecule has 2 aromatic heterocycles. The van der Waals surface area contributed by atoms with Crippen molar-refractivity contribution < 1.29 is 8.42 Å². The fraction of sp³-hybridized carbons (Fsp3) is 0.333. The summed E-state index contributed by atoms with van der Waals surface area (Å²) in [6.07, 6.45) is 3.10. The molecule has 0 atom stereocenters. The number of rotatable bonds is 6. The van der Waals surface area contributed by atoms with Crippen molar-refractivity contribution >= 4 is 15.8 Å². The number of aromatic nitrogens is 3. The van der Waals surface area contributed by atoms with Crippen molar-refractivity contribution in [3.8, 4) is 0 Å². The number of hydrogen-bond donors (Lipinski definition) is 2. The first-order valence-electron chi connectivity index (χ1n) is 6.21. The van der Waals surface area contributed by atoms with E-state index in [2.05, 4.69) is 20.2 Å². The Labute approximate surface area is 118 Å². The molecular weight excluding hydrogens is 278 g/mol. The first kappa shape index (κ1) is 14.5. The average molecular weight is 295 g/mol. The van der Waals surface area contributed by atoms with Crippen molar-refractivity contribution in [1.82, 2.24) is 20.1 Å². The van der Waals surface area contributed by atoms with Gasteiger partial charge in [-0.3, -0.25) is 4.72 Å². The normalized spacial score (nSPS) is 11.5. The number of sulfonamides is 1. The first-order valence-corrected chi connectivity index (χ1v) is 7.69. The third kappa shape index (κ3) is 3.14. The molecule has 20 heavy (non-hydrogen) atoms. The van der Waals surface area contributed by atoms with Crippen molar-refractivity contribution in [2.45, 2.75) is 24.9 Å². The van der Waals surface area contributed by atoms with Gasteiger partial charge in [0.2, 0.25) is 0 Å². The molecule has 0 saturated heterocycles. The van der Waals surface area contributed by atoms with Gasteiger partial charge in [0.1, 0.15) is 4.90 Å². The number of aryl methyl sites for hydroxylation is 1. The van der Waals surface area contributed by atoms with Crippen LogP contribution in [0.15, 0.2) is 35.5 Å². The molecule has 7 nitrogen and oxygen atoms in total. The lowest BCUT2D eigenvalue weighted by Crippen LogP contribution is -2.13. The van der Waals surface area contributed by atoms with Gasteiger partial charge in [0, 0.05) is 31.2 Å². The SMILES string of the molecule is CCn1cc(S(=O)(=O)Nc2cccnn2)cc1CNC. The first-order chi connectivity index (χ1) is 9.56. The highest BCUT2D eigenvalue weighted by atomic mass is 32.2. The Morgan fingerprint density at radius 2 is 2.20 bits per heavy atom. The summed E-state index contributed by atoms with van der Waals surface area (Å²) in [4.78, 5) is 0.218. The monoisotopic (exact) mass is 295 g/mol. The minimum atomic E-state index is -3.64. The van der Waals surface area contributed by atoms with Crippen LogP contribution in [0.2, 0.25) is 0 Å². The minimum Gasteiger partial charge on any atom is -0.349 e. The lowest BCUT2D eigenvalue weighted by molar-refractivity contribution is 0.600. The maximum atomic E-state index is 12.3. The Kier molecular flexibility index (Phi) is 4.35. The second-order valence-corrected chi connectivity index (χ2v) is 5.88. The molecular formula is C12H17N5O2S. The summed E-state index contributed by atoms with van der Waals surface area (Å²) in [6.45, 7) is 3.28. The van der Waals surface area contributed by atoms with Gasteiger partial charge in [0.05, 0.1) is 0 Å². The van der Waals surface area contributed by atoms with Gasteiger partial charge >= 0.3 is 0 Å². The van der Waals surface area contributed by atoms with Gasteiger partial charge in [0.15, 0.2) is 5.82 Å². The van der Waals surface area contributed by atoms with E-state index >= 15 is 0 Å². The molecule has 0 fully saturated rings. The highest BCUT2D eigenvalue weighted by Crippen LogP contribution is 2.17. The molecule has 8 heteroatoms. The van der Waals surface area contributed by atoms with E-state index in [9.17, 15) is 8.42 Å². The van der Waals surface area contributed by atoms with Crippen LogP contribution in [0, 0.1) is 0 Å². The van der Waals surface area contributed by atoms with E-state index in [0.29, 0.717) is 13.1 Å². The molecule has 2 N–H and O–H groups in total. The minimum absolute atomic E-state index is 0.201. The molecule has 0 aliphatic rings. The van der Waals surface area contributed by atoms with E-state index in [0.717, 1.165) is 5.69 Å². The number of nitrogens with zero attached hydrogens (tertiary/aromatic N) is 3. The molecule has 0 aliphatic heterocycles. The Morgan fingerprint density at radius 1 is 1.40 bits per heavy atom. The van der Waals surface area contributed by atoms with Gasteiger partial charge in [-0.25, -0.2) is 8.42 Å². The molecule has 108 valence electrons. The smallest absolute Gasteiger partial charge is 0.264 e. The van der Waals surface area contributed by atoms with Gasteiger partial charge in [-0.15, -0.1) is 5.10 Å². The molecule has 0 bridgehead atoms. The van der Waals surface area contributed by atoms with E-state index in [1.54, 1.807) is 24.4 Å². The van der Waals surface area contributed by atoms with Gasteiger partial charge in [0.25, 0.3) is 10.0 Å². The van der Waals surface area contributed by atoms with Crippen LogP contribution in [0.5, 0.6) is 0 Å². The van der Waals surface area contributed by atoms with Crippen LogP contribution >= 0.6 is 0 Å². The summed E-state index contributed by atoms with van der Waals surface area (Å²) in [6, 6.07) is 4.82. The molecule has 0 saturated carbocycles. The molecule has 0 unspecified atom stereocenters. The topological polar surface area (TPSA) is 88.9 Å². The molecule has 2 rings (SSSR count). The summed E-state index contributed by atoms with van der Waals surface area (Å²) in [5, 5.41) is 10.4. The van der Waals surface area contributed by atoms with Crippen molar-refractivity contribution in [1.29, 1.82) is 0 Å². The second kappa shape index (κ2) is 6.02. The lowest BCUT2D eigenvalue weighted by Gasteiger charge is -2.04. The van der Waals surface area contributed by atoms with Crippen molar-refractivity contribution in [2.24, 2.45) is 0 Å². The Morgan fingerprint density at radius 3 is 2.80 bits per heavy atom. The van der Waals surface area contributed by atoms with Crippen LogP contribution < -0.4 is 10.0 Å². The largest absolute Gasteiger partial charge is 0.349 e. The quantitative estimate of drug-likeness (QED) is 0.823. The fourth-order valence-electron chi connectivity index (χ4n) is 1.85. The number of hydrogen-bond acceptors (Lipinski definition) is 5. The lowest BCUT2D eigenvalue weighted by atomic mass is 10.4. The summed E-state index contributed by atoms with van der Waals surface area (Å²) in [7, 11) is -1.83. The maximum absolute atomic E-state index is 12.3. The van der Waals surface area contributed by atoms with Crippen molar-refractivity contribution in [3.05, 3.63) is 36.3 Å². The van der Waals surface area contributed by atoms with Crippen molar-refractivity contribution in [2.75, 3.05) is 11.8 Å². The maximum Gasteiger partial charge on any atom is 0.264 e. The third-order valence-corrected chi connectivity index (χ3v) is 4.10. The Balaban J connectivity index is 2.30. The van der Waals surface area contributed by atoms with Crippen LogP contribution in [0.1, 0.15) is 12.6 Å². The molecule has 0 amide bonds. The van der Waals surface area contributed by atoms with E-state index in [1.165, 1.54) is 6.20 Å². The summed E-state index contributed by atoms with van der Waals surface area (Å²) in [5.41, 5.74) is 0.912. The fourth-order valence-corrected chi connectivity index (χ4v) is 2.91. The van der Waals surface area contributed by atoms with Crippen LogP contribution in [-0.4, -0.2) is 30.2 Å². The molecule has 2 heterocycles. The zero-order valence-corrected chi connectivity index (χ0v) is 12.2. The van der Waals surface area contributed by atoms with Crippen LogP contribution in [0.4, 0.5) is 5.82 Å². The molecule has 0 aromatic carbocycles. The van der Waals surface area contributed by atoms with Crippen LogP contribution in [-0.2, 0) is 23.1 Å². The number of nitrogens with one attached hydrogen (secondary N) is 2. The third-order valence-electron chi connectivity index (χ3n) is 2.78. The summed E-state index contributed by atoms with van der Waals surface area (Å²) < 4.78 is 28.8. The predicted octanol–water partition coefficient (Wildman–Crippen LogP) is 0.818. The zero-order chi connectivity index (χ0) is 14.6. The second-order valence-electron chi connectivity index (χ2n) is 4.20. The molecule has 0 aliphatic carbocycles. The Bertz CT molecular complexity index is 666. The molecule has 0 spiro atoms. The van der Waals surface area contributed by atoms with Gasteiger partial charge < -0.3 is 9.88 Å². The van der Waals surface area contributed by atoms with Gasteiger partial charge in [-0.05, 0) is 32.2 Å². The van der Waals surface area contributed by atoms with Crippen molar-refractivity contribution in [3.63, 3.8) is 0 Å². The van der Waals surface area contributed by atoms with E-state index in [4.69, 9.17) is 0 Å². The van der Waals surface area contributed by atoms with E-state index in [1.807, 2.05) is 18.5 Å². The number of anilines is 1. The standard InChI is InChI=1S/C12H17N5O2S/c1-3-17-9-11(7-10(17)8-13-2)20(18,19)16-12-5-4-6-14-15-12/h4-7,9,13H,3,8H2,1-2H3,(H,15,16). The Hall–Kier alpha value is -1.93. The highest BCUT2D eigenvalue weighted by Gasteiger charge is 2.18. The van der Waals surface area contributed by atoms with Crippen LogP contribution in [0.25, 0.3) is 0 Å². The predicted molar refractivity (Wildman–Crippen MR) is 75.7 cm³/mol. The summed E-state index contributed by atoms with van der Waals surface area (Å²) in [5.74, 6) is 0.201. The average Bonchev–Trinajstić information content (AvgIpc) is 2.84. The van der Waals surface area contributed by atoms with Gasteiger partial charge in [-0.1, -0.05) is 0 Å². The van der Waals surface area contributed by atoms with E-state index in [-0.39, 0.29) is 10.7 Å². The van der Waals surface area contributed by atoms with E-state index < -0.39 is 10.0 Å². The molecule has 2 aromatic rings. The zero-order valence-electron chi connectivity index (χ0n) is 11.4. The van der Waals surface area contributed by atoms with Crippen LogP contribution in [0.3, 0.4) is 0 Å². The van der Waals surface area contributed by atoms with Gasteiger partial charge in [-0.2, -0.15) is 5.10 Å². The highest BCUT2D eigenvalue weighted by molar-refractivity contribution is 7.92.